The zero-order chi connectivity index (χ0) is 19.9. The molecule has 2 N–H and O–H groups in total. The second-order valence-corrected chi connectivity index (χ2v) is 6.03. The Balaban J connectivity index is 2.29. The highest BCUT2D eigenvalue weighted by Gasteiger charge is 2.48. The van der Waals surface area contributed by atoms with Crippen molar-refractivity contribution >= 4 is 28.9 Å². The minimum absolute atomic E-state index is 0.374. The maximum absolute atomic E-state index is 13.0. The number of hydrogen-bond acceptors (Lipinski definition) is 4. The van der Waals surface area contributed by atoms with Gasteiger partial charge >= 0.3 is 12.4 Å². The first-order valence-electron chi connectivity index (χ1n) is 6.81. The van der Waals surface area contributed by atoms with Crippen LogP contribution < -0.4 is 10.7 Å². The molecule has 0 aromatic heterocycles. The average Bonchev–Trinajstić information content (AvgIpc) is 2.91. The van der Waals surface area contributed by atoms with Crippen molar-refractivity contribution in [2.45, 2.75) is 31.2 Å². The van der Waals surface area contributed by atoms with Gasteiger partial charge in [-0.3, -0.25) is 10.2 Å². The number of nitrogens with one attached hydrogen (secondary N) is 2. The Kier molecular flexibility index (Phi) is 4.85. The van der Waals surface area contributed by atoms with Crippen molar-refractivity contribution in [3.8, 4) is 6.07 Å². The molecule has 0 bridgehead atoms. The Bertz CT molecular complexity index is 826. The van der Waals surface area contributed by atoms with Gasteiger partial charge < -0.3 is 5.32 Å². The molecular weight excluding hydrogens is 390 g/mol. The first-order valence-corrected chi connectivity index (χ1v) is 7.19. The number of hydrogen-bond donors (Lipinski definition) is 2. The molecule has 1 aliphatic heterocycles. The van der Waals surface area contributed by atoms with Crippen molar-refractivity contribution in [2.75, 3.05) is 5.32 Å². The van der Waals surface area contributed by atoms with E-state index in [1.54, 1.807) is 0 Å². The lowest BCUT2D eigenvalue weighted by Crippen LogP contribution is -2.48. The number of nitriles is 1. The molecule has 1 heterocycles. The second-order valence-electron chi connectivity index (χ2n) is 5.62. The number of alkyl halides is 6. The van der Waals surface area contributed by atoms with Crippen LogP contribution in [0.5, 0.6) is 0 Å². The normalized spacial score (nSPS) is 20.2. The van der Waals surface area contributed by atoms with E-state index in [-0.39, 0.29) is 5.02 Å². The van der Waals surface area contributed by atoms with Crippen LogP contribution in [0, 0.1) is 11.3 Å². The largest absolute Gasteiger partial charge is 0.431 e. The van der Waals surface area contributed by atoms with Gasteiger partial charge in [0.15, 0.2) is 0 Å². The smallest absolute Gasteiger partial charge is 0.323 e. The van der Waals surface area contributed by atoms with Gasteiger partial charge in [-0.25, -0.2) is 0 Å². The van der Waals surface area contributed by atoms with Gasteiger partial charge in [0.1, 0.15) is 11.3 Å². The number of nitrogens with zero attached hydrogens (tertiary/aromatic N) is 2. The van der Waals surface area contributed by atoms with E-state index in [0.717, 1.165) is 6.92 Å². The molecule has 0 spiro atoms. The van der Waals surface area contributed by atoms with Crippen molar-refractivity contribution in [3.63, 3.8) is 0 Å². The summed E-state index contributed by atoms with van der Waals surface area (Å²) in [6.45, 7) is 1.10. The Hall–Kier alpha value is -2.48. The second kappa shape index (κ2) is 6.35. The van der Waals surface area contributed by atoms with Gasteiger partial charge in [0.25, 0.3) is 5.91 Å². The fraction of sp³-hybridized carbons (Fsp3) is 0.357. The first-order chi connectivity index (χ1) is 11.8. The van der Waals surface area contributed by atoms with Crippen molar-refractivity contribution in [1.29, 1.82) is 5.26 Å². The predicted molar refractivity (Wildman–Crippen MR) is 79.4 cm³/mol. The van der Waals surface area contributed by atoms with Crippen LogP contribution in [-0.4, -0.2) is 23.3 Å². The maximum Gasteiger partial charge on any atom is 0.431 e. The number of carbonyl (C=O) groups is 1. The molecule has 1 aromatic rings. The number of amides is 1. The number of rotatable bonds is 2. The number of anilines is 1. The summed E-state index contributed by atoms with van der Waals surface area (Å²) in [6.07, 6.45) is -10.5. The summed E-state index contributed by atoms with van der Waals surface area (Å²) in [7, 11) is 0. The van der Waals surface area contributed by atoms with Crippen LogP contribution in [-0.2, 0) is 11.0 Å². The predicted octanol–water partition coefficient (Wildman–Crippen LogP) is 3.84. The van der Waals surface area contributed by atoms with Crippen LogP contribution in [0.15, 0.2) is 17.2 Å². The third-order valence-electron chi connectivity index (χ3n) is 3.57. The van der Waals surface area contributed by atoms with Gasteiger partial charge in [-0.2, -0.15) is 36.7 Å². The Morgan fingerprint density at radius 3 is 2.38 bits per heavy atom. The number of halogens is 7. The highest BCUT2D eigenvalue weighted by molar-refractivity contribution is 6.34. The zero-order valence-corrected chi connectivity index (χ0v) is 13.6. The van der Waals surface area contributed by atoms with E-state index < -0.39 is 52.7 Å². The first kappa shape index (κ1) is 19.8. The van der Waals surface area contributed by atoms with Crippen molar-refractivity contribution in [1.82, 2.24) is 5.43 Å². The standard InChI is InChI=1S/C14H9ClF6N4O/c1-12(4-10(24-25-12)14(19,20)21)11(26)23-9-3-7(13(16,17)18)6(5-22)2-8(9)15/h2-3,25H,4H2,1H3,(H,23,26). The van der Waals surface area contributed by atoms with Gasteiger partial charge in [-0.15, -0.1) is 0 Å². The molecule has 1 unspecified atom stereocenters. The molecule has 1 aromatic carbocycles. The van der Waals surface area contributed by atoms with Gasteiger partial charge in [-0.1, -0.05) is 11.6 Å². The fourth-order valence-electron chi connectivity index (χ4n) is 2.16. The highest BCUT2D eigenvalue weighted by atomic mass is 35.5. The van der Waals surface area contributed by atoms with Crippen molar-refractivity contribution in [3.05, 3.63) is 28.3 Å². The molecule has 0 fully saturated rings. The van der Waals surface area contributed by atoms with E-state index in [0.29, 0.717) is 12.1 Å². The van der Waals surface area contributed by atoms with E-state index in [4.69, 9.17) is 16.9 Å². The SMILES string of the molecule is CC1(C(=O)Nc2cc(C(F)(F)F)c(C#N)cc2Cl)CC(C(F)(F)F)=NN1. The quantitative estimate of drug-likeness (QED) is 0.743. The molecule has 5 nitrogen and oxygen atoms in total. The number of benzene rings is 1. The van der Waals surface area contributed by atoms with Gasteiger partial charge in [0.05, 0.1) is 27.9 Å². The van der Waals surface area contributed by atoms with Crippen molar-refractivity contribution in [2.24, 2.45) is 5.10 Å². The lowest BCUT2D eigenvalue weighted by Gasteiger charge is -2.23. The molecule has 0 saturated heterocycles. The molecule has 0 saturated carbocycles. The Morgan fingerprint density at radius 2 is 1.92 bits per heavy atom. The number of hydrazone groups is 1. The van der Waals surface area contributed by atoms with Crippen LogP contribution in [0.3, 0.4) is 0 Å². The van der Waals surface area contributed by atoms with E-state index in [1.165, 1.54) is 6.07 Å². The fourth-order valence-corrected chi connectivity index (χ4v) is 2.37. The Labute approximate surface area is 147 Å². The van der Waals surface area contributed by atoms with E-state index in [9.17, 15) is 31.1 Å². The highest BCUT2D eigenvalue weighted by Crippen LogP contribution is 2.37. The van der Waals surface area contributed by atoms with Crippen LogP contribution >= 0.6 is 11.6 Å². The van der Waals surface area contributed by atoms with E-state index in [2.05, 4.69) is 5.10 Å². The Morgan fingerprint density at radius 1 is 1.31 bits per heavy atom. The van der Waals surface area contributed by atoms with Crippen LogP contribution in [0.25, 0.3) is 0 Å². The average molecular weight is 399 g/mol. The van der Waals surface area contributed by atoms with Crippen LogP contribution in [0.2, 0.25) is 5.02 Å². The molecule has 26 heavy (non-hydrogen) atoms. The summed E-state index contributed by atoms with van der Waals surface area (Å²) in [5.41, 5.74) is -3.61. The molecule has 0 aliphatic carbocycles. The topological polar surface area (TPSA) is 77.3 Å². The molecule has 1 aliphatic rings. The minimum atomic E-state index is -4.89. The van der Waals surface area contributed by atoms with Gasteiger partial charge in [-0.05, 0) is 19.1 Å². The lowest BCUT2D eigenvalue weighted by atomic mass is 9.95. The van der Waals surface area contributed by atoms with Gasteiger partial charge in [0.2, 0.25) is 0 Å². The van der Waals surface area contributed by atoms with Gasteiger partial charge in [0, 0.05) is 6.42 Å². The molecule has 140 valence electrons. The molecule has 0 radical (unpaired) electrons. The number of carbonyl (C=O) groups excluding carboxylic acids is 1. The summed E-state index contributed by atoms with van der Waals surface area (Å²) in [6, 6.07) is 2.49. The van der Waals surface area contributed by atoms with Crippen LogP contribution in [0.4, 0.5) is 32.0 Å². The minimum Gasteiger partial charge on any atom is -0.323 e. The lowest BCUT2D eigenvalue weighted by molar-refractivity contribution is -0.137. The summed E-state index contributed by atoms with van der Waals surface area (Å²) >= 11 is 5.77. The molecule has 2 rings (SSSR count). The maximum atomic E-state index is 13.0. The monoisotopic (exact) mass is 398 g/mol. The molecule has 1 amide bonds. The van der Waals surface area contributed by atoms with Crippen molar-refractivity contribution < 1.29 is 31.1 Å². The molecule has 12 heteroatoms. The van der Waals surface area contributed by atoms with Crippen LogP contribution in [0.1, 0.15) is 24.5 Å². The summed E-state index contributed by atoms with van der Waals surface area (Å²) in [5, 5.41) is 13.5. The zero-order valence-electron chi connectivity index (χ0n) is 12.8. The van der Waals surface area contributed by atoms with E-state index in [1.807, 2.05) is 10.7 Å². The summed E-state index contributed by atoms with van der Waals surface area (Å²) in [4.78, 5) is 12.3. The summed E-state index contributed by atoms with van der Waals surface area (Å²) < 4.78 is 76.9. The molecular formula is C14H9ClF6N4O. The summed E-state index contributed by atoms with van der Waals surface area (Å²) in [5.74, 6) is -1.07. The van der Waals surface area contributed by atoms with E-state index >= 15 is 0 Å². The third-order valence-corrected chi connectivity index (χ3v) is 3.88. The third kappa shape index (κ3) is 3.85. The molecule has 1 atom stereocenters.